The van der Waals surface area contributed by atoms with E-state index in [1.807, 2.05) is 24.3 Å². The van der Waals surface area contributed by atoms with Gasteiger partial charge in [-0.1, -0.05) is 19.9 Å². The zero-order valence-electron chi connectivity index (χ0n) is 11.7. The summed E-state index contributed by atoms with van der Waals surface area (Å²) in [6.07, 6.45) is 3.50. The van der Waals surface area contributed by atoms with Crippen LogP contribution < -0.4 is 10.5 Å². The zero-order chi connectivity index (χ0) is 13.2. The van der Waals surface area contributed by atoms with E-state index < -0.39 is 0 Å². The van der Waals surface area contributed by atoms with Gasteiger partial charge in [-0.2, -0.15) is 0 Å². The van der Waals surface area contributed by atoms with Gasteiger partial charge in [0.2, 0.25) is 0 Å². The van der Waals surface area contributed by atoms with Crippen LogP contribution in [-0.4, -0.2) is 31.1 Å². The highest BCUT2D eigenvalue weighted by molar-refractivity contribution is 5.43. The smallest absolute Gasteiger partial charge is 0.121 e. The average molecular weight is 250 g/mol. The molecule has 3 heteroatoms. The van der Waals surface area contributed by atoms with E-state index in [1.54, 1.807) is 0 Å². The molecule has 0 atom stereocenters. The number of rotatable bonds is 9. The third-order valence-electron chi connectivity index (χ3n) is 2.83. The summed E-state index contributed by atoms with van der Waals surface area (Å²) in [5.41, 5.74) is 6.46. The Kier molecular flexibility index (Phi) is 7.26. The molecule has 0 fully saturated rings. The normalized spacial score (nSPS) is 10.8. The maximum Gasteiger partial charge on any atom is 0.121 e. The van der Waals surface area contributed by atoms with Crippen LogP contribution in [0.3, 0.4) is 0 Å². The Hall–Kier alpha value is -1.22. The lowest BCUT2D eigenvalue weighted by atomic mass is 10.3. The van der Waals surface area contributed by atoms with Crippen LogP contribution >= 0.6 is 0 Å². The van der Waals surface area contributed by atoms with Crippen molar-refractivity contribution >= 4 is 5.69 Å². The monoisotopic (exact) mass is 250 g/mol. The third kappa shape index (κ3) is 5.92. The second kappa shape index (κ2) is 8.81. The minimum absolute atomic E-state index is 0.756. The zero-order valence-corrected chi connectivity index (χ0v) is 11.7. The van der Waals surface area contributed by atoms with Crippen molar-refractivity contribution in [2.24, 2.45) is 0 Å². The van der Waals surface area contributed by atoms with E-state index in [2.05, 4.69) is 18.7 Å². The van der Waals surface area contributed by atoms with Gasteiger partial charge < -0.3 is 15.4 Å². The molecule has 1 aromatic carbocycles. The molecule has 0 unspecified atom stereocenters. The van der Waals surface area contributed by atoms with Crippen LogP contribution in [-0.2, 0) is 0 Å². The lowest BCUT2D eigenvalue weighted by Gasteiger charge is -2.20. The Bertz CT molecular complexity index is 322. The van der Waals surface area contributed by atoms with E-state index >= 15 is 0 Å². The summed E-state index contributed by atoms with van der Waals surface area (Å²) < 4.78 is 5.69. The van der Waals surface area contributed by atoms with Crippen molar-refractivity contribution in [2.45, 2.75) is 33.1 Å². The first-order valence-corrected chi connectivity index (χ1v) is 6.97. The lowest BCUT2D eigenvalue weighted by Crippen LogP contribution is -2.27. The molecule has 18 heavy (non-hydrogen) atoms. The van der Waals surface area contributed by atoms with Gasteiger partial charge in [0.1, 0.15) is 5.75 Å². The maximum absolute atomic E-state index is 5.70. The van der Waals surface area contributed by atoms with Gasteiger partial charge in [-0.25, -0.2) is 0 Å². The molecule has 0 saturated carbocycles. The molecular formula is C15H26N2O. The molecule has 1 rings (SSSR count). The minimum atomic E-state index is 0.756. The van der Waals surface area contributed by atoms with Gasteiger partial charge in [0.05, 0.1) is 6.61 Å². The van der Waals surface area contributed by atoms with Crippen LogP contribution in [0.2, 0.25) is 0 Å². The molecule has 0 aliphatic rings. The molecule has 0 aliphatic heterocycles. The predicted octanol–water partition coefficient (Wildman–Crippen LogP) is 3.16. The number of nitrogens with zero attached hydrogens (tertiary/aromatic N) is 1. The summed E-state index contributed by atoms with van der Waals surface area (Å²) in [6.45, 7) is 8.70. The van der Waals surface area contributed by atoms with Crippen LogP contribution in [0.4, 0.5) is 5.69 Å². The number of nitrogen functional groups attached to an aromatic ring is 1. The number of benzene rings is 1. The van der Waals surface area contributed by atoms with E-state index in [0.717, 1.165) is 31.0 Å². The number of hydrogen-bond acceptors (Lipinski definition) is 3. The Balaban J connectivity index is 2.20. The second-order valence-electron chi connectivity index (χ2n) is 4.62. The van der Waals surface area contributed by atoms with Gasteiger partial charge in [0.25, 0.3) is 0 Å². The van der Waals surface area contributed by atoms with Crippen molar-refractivity contribution in [2.75, 3.05) is 32.0 Å². The summed E-state index contributed by atoms with van der Waals surface area (Å²) in [6, 6.07) is 7.62. The fourth-order valence-electron chi connectivity index (χ4n) is 2.05. The highest BCUT2D eigenvalue weighted by Crippen LogP contribution is 2.14. The first kappa shape index (κ1) is 14.8. The van der Waals surface area contributed by atoms with E-state index in [0.29, 0.717) is 0 Å². The number of hydrogen-bond donors (Lipinski definition) is 1. The fourth-order valence-corrected chi connectivity index (χ4v) is 2.05. The number of nitrogens with two attached hydrogens (primary N) is 1. The third-order valence-corrected chi connectivity index (χ3v) is 2.83. The minimum Gasteiger partial charge on any atom is -0.493 e. The SMILES string of the molecule is CCCN(CCC)CCCOc1cccc(N)c1. The van der Waals surface area contributed by atoms with Crippen LogP contribution in [0.15, 0.2) is 24.3 Å². The summed E-state index contributed by atoms with van der Waals surface area (Å²) in [5.74, 6) is 0.868. The molecule has 0 aliphatic carbocycles. The quantitative estimate of drug-likeness (QED) is 0.540. The van der Waals surface area contributed by atoms with E-state index in [9.17, 15) is 0 Å². The molecule has 0 spiro atoms. The molecule has 0 aromatic heterocycles. The van der Waals surface area contributed by atoms with Gasteiger partial charge in [0, 0.05) is 18.3 Å². The Morgan fingerprint density at radius 3 is 2.44 bits per heavy atom. The van der Waals surface area contributed by atoms with E-state index in [-0.39, 0.29) is 0 Å². The molecular weight excluding hydrogens is 224 g/mol. The number of ether oxygens (including phenoxy) is 1. The summed E-state index contributed by atoms with van der Waals surface area (Å²) in [4.78, 5) is 2.50. The highest BCUT2D eigenvalue weighted by atomic mass is 16.5. The van der Waals surface area contributed by atoms with Gasteiger partial charge in [-0.15, -0.1) is 0 Å². The lowest BCUT2D eigenvalue weighted by molar-refractivity contribution is 0.234. The van der Waals surface area contributed by atoms with Crippen molar-refractivity contribution in [3.8, 4) is 5.75 Å². The molecule has 0 amide bonds. The van der Waals surface area contributed by atoms with Gasteiger partial charge in [0.15, 0.2) is 0 Å². The van der Waals surface area contributed by atoms with Crippen molar-refractivity contribution < 1.29 is 4.74 Å². The highest BCUT2D eigenvalue weighted by Gasteiger charge is 2.02. The van der Waals surface area contributed by atoms with Crippen molar-refractivity contribution in [3.05, 3.63) is 24.3 Å². The Morgan fingerprint density at radius 2 is 1.83 bits per heavy atom. The standard InChI is InChI=1S/C15H26N2O/c1-3-9-17(10-4-2)11-6-12-18-15-8-5-7-14(16)13-15/h5,7-8,13H,3-4,6,9-12,16H2,1-2H3. The molecule has 0 bridgehead atoms. The van der Waals surface area contributed by atoms with E-state index in [1.165, 1.54) is 25.9 Å². The molecule has 3 nitrogen and oxygen atoms in total. The topological polar surface area (TPSA) is 38.5 Å². The largest absolute Gasteiger partial charge is 0.493 e. The van der Waals surface area contributed by atoms with Gasteiger partial charge in [-0.05, 0) is 44.5 Å². The molecule has 102 valence electrons. The van der Waals surface area contributed by atoms with Crippen molar-refractivity contribution in [1.82, 2.24) is 4.90 Å². The fraction of sp³-hybridized carbons (Fsp3) is 0.600. The summed E-state index contributed by atoms with van der Waals surface area (Å²) in [5, 5.41) is 0. The average Bonchev–Trinajstić information content (AvgIpc) is 2.35. The second-order valence-corrected chi connectivity index (χ2v) is 4.62. The number of anilines is 1. The van der Waals surface area contributed by atoms with Crippen LogP contribution in [0.1, 0.15) is 33.1 Å². The van der Waals surface area contributed by atoms with Crippen LogP contribution in [0.5, 0.6) is 5.75 Å². The first-order chi connectivity index (χ1) is 8.76. The molecule has 0 saturated heterocycles. The molecule has 0 heterocycles. The van der Waals surface area contributed by atoms with Crippen molar-refractivity contribution in [1.29, 1.82) is 0 Å². The molecule has 1 aromatic rings. The van der Waals surface area contributed by atoms with Crippen LogP contribution in [0, 0.1) is 0 Å². The summed E-state index contributed by atoms with van der Waals surface area (Å²) in [7, 11) is 0. The molecule has 2 N–H and O–H groups in total. The predicted molar refractivity (Wildman–Crippen MR) is 78.0 cm³/mol. The van der Waals surface area contributed by atoms with Crippen molar-refractivity contribution in [3.63, 3.8) is 0 Å². The Labute approximate surface area is 111 Å². The molecule has 0 radical (unpaired) electrons. The maximum atomic E-state index is 5.70. The van der Waals surface area contributed by atoms with Crippen LogP contribution in [0.25, 0.3) is 0 Å². The summed E-state index contributed by atoms with van der Waals surface area (Å²) >= 11 is 0. The first-order valence-electron chi connectivity index (χ1n) is 6.97. The van der Waals surface area contributed by atoms with Gasteiger partial charge in [-0.3, -0.25) is 0 Å². The Morgan fingerprint density at radius 1 is 1.11 bits per heavy atom. The van der Waals surface area contributed by atoms with E-state index in [4.69, 9.17) is 10.5 Å². The van der Waals surface area contributed by atoms with Gasteiger partial charge >= 0.3 is 0 Å².